The lowest BCUT2D eigenvalue weighted by atomic mass is 10.2. The molecule has 1 aromatic heterocycles. The first-order valence-electron chi connectivity index (χ1n) is 9.14. The van der Waals surface area contributed by atoms with Crippen LogP contribution in [-0.4, -0.2) is 23.1 Å². The lowest BCUT2D eigenvalue weighted by molar-refractivity contribution is 0.244. The molecule has 0 unspecified atom stereocenters. The van der Waals surface area contributed by atoms with Crippen molar-refractivity contribution in [1.29, 1.82) is 0 Å². The average Bonchev–Trinajstić information content (AvgIpc) is 2.63. The van der Waals surface area contributed by atoms with Crippen molar-refractivity contribution in [3.8, 4) is 5.75 Å². The molecule has 3 rings (SSSR count). The summed E-state index contributed by atoms with van der Waals surface area (Å²) in [4.78, 5) is 11.2. The molecule has 140 valence electrons. The van der Waals surface area contributed by atoms with Gasteiger partial charge in [0.2, 0.25) is 0 Å². The molecular formula is C22H26N4O. The molecule has 27 heavy (non-hydrogen) atoms. The van der Waals surface area contributed by atoms with Crippen LogP contribution in [0.5, 0.6) is 5.75 Å². The minimum atomic E-state index is 0.104. The fraction of sp³-hybridized carbons (Fsp3) is 0.273. The predicted octanol–water partition coefficient (Wildman–Crippen LogP) is 4.95. The Morgan fingerprint density at radius 3 is 2.44 bits per heavy atom. The van der Waals surface area contributed by atoms with Crippen molar-refractivity contribution in [1.82, 2.24) is 9.97 Å². The minimum absolute atomic E-state index is 0.104. The van der Waals surface area contributed by atoms with E-state index in [0.29, 0.717) is 0 Å². The summed E-state index contributed by atoms with van der Waals surface area (Å²) < 4.78 is 5.89. The Hall–Kier alpha value is -3.08. The van der Waals surface area contributed by atoms with Crippen LogP contribution in [0.3, 0.4) is 0 Å². The summed E-state index contributed by atoms with van der Waals surface area (Å²) in [7, 11) is 2.04. The van der Waals surface area contributed by atoms with Crippen molar-refractivity contribution in [3.05, 3.63) is 72.1 Å². The number of nitrogens with one attached hydrogen (secondary N) is 1. The Kier molecular flexibility index (Phi) is 5.91. The number of rotatable bonds is 7. The van der Waals surface area contributed by atoms with E-state index in [0.717, 1.165) is 35.4 Å². The molecule has 0 saturated carbocycles. The summed E-state index contributed by atoms with van der Waals surface area (Å²) >= 11 is 0. The van der Waals surface area contributed by atoms with Crippen LogP contribution in [0.1, 0.15) is 25.2 Å². The molecular weight excluding hydrogens is 336 g/mol. The predicted molar refractivity (Wildman–Crippen MR) is 111 cm³/mol. The van der Waals surface area contributed by atoms with Gasteiger partial charge in [0.1, 0.15) is 23.2 Å². The molecule has 0 spiro atoms. The van der Waals surface area contributed by atoms with Crippen LogP contribution in [0.4, 0.5) is 17.3 Å². The third-order valence-electron chi connectivity index (χ3n) is 3.99. The van der Waals surface area contributed by atoms with Crippen LogP contribution in [0.2, 0.25) is 0 Å². The smallest absolute Gasteiger partial charge is 0.143 e. The molecule has 0 bridgehead atoms. The minimum Gasteiger partial charge on any atom is -0.489 e. The number of hydrogen-bond donors (Lipinski definition) is 1. The van der Waals surface area contributed by atoms with Crippen LogP contribution in [0.25, 0.3) is 0 Å². The average molecular weight is 362 g/mol. The van der Waals surface area contributed by atoms with Crippen molar-refractivity contribution in [2.75, 3.05) is 17.3 Å². The highest BCUT2D eigenvalue weighted by molar-refractivity contribution is 5.65. The van der Waals surface area contributed by atoms with Gasteiger partial charge in [0.05, 0.1) is 11.8 Å². The highest BCUT2D eigenvalue weighted by Crippen LogP contribution is 2.28. The lowest BCUT2D eigenvalue weighted by Gasteiger charge is -2.20. The standard InChI is InChI=1S/C22H26N4O/c1-16(2)27-20-13-9-8-12-19(20)25-21-14-22(24-17(3)23-21)26(4)15-18-10-6-5-7-11-18/h5-14,16H,15H2,1-4H3,(H,23,24,25). The van der Waals surface area contributed by atoms with Gasteiger partial charge in [0.25, 0.3) is 0 Å². The van der Waals surface area contributed by atoms with E-state index in [9.17, 15) is 0 Å². The third-order valence-corrected chi connectivity index (χ3v) is 3.99. The summed E-state index contributed by atoms with van der Waals surface area (Å²) in [5.74, 6) is 3.15. The Labute approximate surface area is 161 Å². The zero-order valence-corrected chi connectivity index (χ0v) is 16.3. The van der Waals surface area contributed by atoms with Crippen molar-refractivity contribution in [3.63, 3.8) is 0 Å². The lowest BCUT2D eigenvalue weighted by Crippen LogP contribution is -2.18. The molecule has 0 amide bonds. The number of para-hydroxylation sites is 2. The second kappa shape index (κ2) is 8.54. The maximum Gasteiger partial charge on any atom is 0.143 e. The van der Waals surface area contributed by atoms with E-state index in [1.807, 2.05) is 76.3 Å². The van der Waals surface area contributed by atoms with Crippen molar-refractivity contribution < 1.29 is 4.74 Å². The third kappa shape index (κ3) is 5.20. The summed E-state index contributed by atoms with van der Waals surface area (Å²) in [6.45, 7) is 6.72. The summed E-state index contributed by atoms with van der Waals surface area (Å²) in [5.41, 5.74) is 2.13. The van der Waals surface area contributed by atoms with Crippen LogP contribution in [0.15, 0.2) is 60.7 Å². The molecule has 3 aromatic rings. The zero-order valence-electron chi connectivity index (χ0n) is 16.3. The Bertz CT molecular complexity index is 880. The van der Waals surface area contributed by atoms with Gasteiger partial charge in [0.15, 0.2) is 0 Å². The first-order chi connectivity index (χ1) is 13.0. The number of hydrogen-bond acceptors (Lipinski definition) is 5. The highest BCUT2D eigenvalue weighted by Gasteiger charge is 2.10. The molecule has 5 heteroatoms. The van der Waals surface area contributed by atoms with Gasteiger partial charge < -0.3 is 15.0 Å². The van der Waals surface area contributed by atoms with Gasteiger partial charge in [-0.1, -0.05) is 42.5 Å². The number of nitrogens with zero attached hydrogens (tertiary/aromatic N) is 3. The van der Waals surface area contributed by atoms with Gasteiger partial charge in [-0.3, -0.25) is 0 Å². The molecule has 2 aromatic carbocycles. The molecule has 0 aliphatic rings. The SMILES string of the molecule is Cc1nc(Nc2ccccc2OC(C)C)cc(N(C)Cc2ccccc2)n1. The van der Waals surface area contributed by atoms with Gasteiger partial charge in [0, 0.05) is 19.7 Å². The normalized spacial score (nSPS) is 10.7. The molecule has 1 heterocycles. The molecule has 0 aliphatic carbocycles. The van der Waals surface area contributed by atoms with E-state index in [4.69, 9.17) is 4.74 Å². The molecule has 0 fully saturated rings. The van der Waals surface area contributed by atoms with E-state index in [1.54, 1.807) is 0 Å². The second-order valence-corrected chi connectivity index (χ2v) is 6.79. The summed E-state index contributed by atoms with van der Waals surface area (Å²) in [6, 6.07) is 20.2. The number of aromatic nitrogens is 2. The van der Waals surface area contributed by atoms with E-state index in [2.05, 4.69) is 32.3 Å². The molecule has 0 saturated heterocycles. The van der Waals surface area contributed by atoms with Crippen LogP contribution in [-0.2, 0) is 6.54 Å². The fourth-order valence-electron chi connectivity index (χ4n) is 2.81. The van der Waals surface area contributed by atoms with Gasteiger partial charge in [-0.25, -0.2) is 9.97 Å². The van der Waals surface area contributed by atoms with Crippen LogP contribution >= 0.6 is 0 Å². The van der Waals surface area contributed by atoms with Gasteiger partial charge in [-0.05, 0) is 38.5 Å². The van der Waals surface area contributed by atoms with Crippen LogP contribution < -0.4 is 15.0 Å². The Balaban J connectivity index is 1.82. The van der Waals surface area contributed by atoms with E-state index < -0.39 is 0 Å². The molecule has 1 N–H and O–H groups in total. The molecule has 5 nitrogen and oxygen atoms in total. The number of benzene rings is 2. The first-order valence-corrected chi connectivity index (χ1v) is 9.14. The fourth-order valence-corrected chi connectivity index (χ4v) is 2.81. The number of aryl methyl sites for hydroxylation is 1. The zero-order chi connectivity index (χ0) is 19.2. The quantitative estimate of drug-likeness (QED) is 0.644. The molecule has 0 aliphatic heterocycles. The van der Waals surface area contributed by atoms with Gasteiger partial charge in [-0.2, -0.15) is 0 Å². The monoisotopic (exact) mass is 362 g/mol. The first kappa shape index (κ1) is 18.7. The van der Waals surface area contributed by atoms with Crippen LogP contribution in [0, 0.1) is 6.92 Å². The van der Waals surface area contributed by atoms with Gasteiger partial charge >= 0.3 is 0 Å². The Morgan fingerprint density at radius 1 is 1.00 bits per heavy atom. The largest absolute Gasteiger partial charge is 0.489 e. The number of anilines is 3. The topological polar surface area (TPSA) is 50.3 Å². The van der Waals surface area contributed by atoms with E-state index >= 15 is 0 Å². The Morgan fingerprint density at radius 2 is 1.70 bits per heavy atom. The van der Waals surface area contributed by atoms with Crippen molar-refractivity contribution in [2.24, 2.45) is 0 Å². The highest BCUT2D eigenvalue weighted by atomic mass is 16.5. The number of ether oxygens (including phenoxy) is 1. The van der Waals surface area contributed by atoms with Crippen molar-refractivity contribution in [2.45, 2.75) is 33.4 Å². The van der Waals surface area contributed by atoms with E-state index in [1.165, 1.54) is 5.56 Å². The second-order valence-electron chi connectivity index (χ2n) is 6.79. The maximum absolute atomic E-state index is 5.89. The van der Waals surface area contributed by atoms with E-state index in [-0.39, 0.29) is 6.10 Å². The maximum atomic E-state index is 5.89. The summed E-state index contributed by atoms with van der Waals surface area (Å²) in [5, 5.41) is 3.38. The molecule has 0 atom stereocenters. The van der Waals surface area contributed by atoms with Gasteiger partial charge in [-0.15, -0.1) is 0 Å². The van der Waals surface area contributed by atoms with Crippen molar-refractivity contribution >= 4 is 17.3 Å². The molecule has 0 radical (unpaired) electrons. The summed E-state index contributed by atoms with van der Waals surface area (Å²) in [6.07, 6.45) is 0.104.